The molecule has 0 aromatic heterocycles. The first-order valence-corrected chi connectivity index (χ1v) is 13.5. The van der Waals surface area contributed by atoms with E-state index >= 15 is 0 Å². The van der Waals surface area contributed by atoms with Crippen LogP contribution in [0.2, 0.25) is 0 Å². The first kappa shape index (κ1) is 23.4. The molecule has 5 rings (SSSR count). The van der Waals surface area contributed by atoms with Crippen molar-refractivity contribution in [3.63, 3.8) is 0 Å². The summed E-state index contributed by atoms with van der Waals surface area (Å²) in [7, 11) is -3.37. The Labute approximate surface area is 206 Å². The number of nitrogens with zero attached hydrogens (tertiary/aromatic N) is 2. The Morgan fingerprint density at radius 2 is 1.40 bits per heavy atom. The molecular formula is C27H29N3O4S. The molecule has 182 valence electrons. The molecule has 0 saturated carbocycles. The minimum absolute atomic E-state index is 0.0135. The molecule has 2 aliphatic heterocycles. The van der Waals surface area contributed by atoms with Crippen molar-refractivity contribution in [3.05, 3.63) is 90.0 Å². The van der Waals surface area contributed by atoms with Crippen LogP contribution in [0.25, 0.3) is 0 Å². The molecular weight excluding hydrogens is 462 g/mol. The standard InChI is InChI=1S/C27H29N3O4S/c31-27(26-22-11-4-6-13-24(22)34-25-14-7-5-12-23(25)26)28-15-8-20-35(32,33)30-18-16-29(17-19-30)21-9-2-1-3-10-21/h1-7,9-14,26H,8,15-20H2,(H,28,31). The third-order valence-electron chi connectivity index (χ3n) is 6.57. The van der Waals surface area contributed by atoms with Gasteiger partial charge < -0.3 is 15.0 Å². The fourth-order valence-corrected chi connectivity index (χ4v) is 6.24. The highest BCUT2D eigenvalue weighted by Gasteiger charge is 2.32. The van der Waals surface area contributed by atoms with Crippen LogP contribution in [0.4, 0.5) is 5.69 Å². The summed E-state index contributed by atoms with van der Waals surface area (Å²) in [5, 5.41) is 2.95. The van der Waals surface area contributed by atoms with Gasteiger partial charge in [-0.05, 0) is 30.7 Å². The minimum Gasteiger partial charge on any atom is -0.457 e. The van der Waals surface area contributed by atoms with Gasteiger partial charge >= 0.3 is 0 Å². The zero-order chi connectivity index (χ0) is 24.3. The Morgan fingerprint density at radius 3 is 2.03 bits per heavy atom. The quantitative estimate of drug-likeness (QED) is 0.511. The number of amides is 1. The van der Waals surface area contributed by atoms with Gasteiger partial charge in [0.15, 0.2) is 0 Å². The van der Waals surface area contributed by atoms with E-state index in [2.05, 4.69) is 10.2 Å². The molecule has 3 aromatic carbocycles. The molecule has 0 radical (unpaired) electrons. The molecule has 8 heteroatoms. The molecule has 3 aromatic rings. The van der Waals surface area contributed by atoms with Gasteiger partial charge in [-0.3, -0.25) is 4.79 Å². The highest BCUT2D eigenvalue weighted by molar-refractivity contribution is 7.89. The van der Waals surface area contributed by atoms with Gasteiger partial charge in [0.25, 0.3) is 0 Å². The number of hydrogen-bond donors (Lipinski definition) is 1. The number of carbonyl (C=O) groups excluding carboxylic acids is 1. The fraction of sp³-hybridized carbons (Fsp3) is 0.296. The van der Waals surface area contributed by atoms with Crippen LogP contribution < -0.4 is 15.0 Å². The van der Waals surface area contributed by atoms with Crippen molar-refractivity contribution < 1.29 is 17.9 Å². The molecule has 1 fully saturated rings. The lowest BCUT2D eigenvalue weighted by atomic mass is 9.87. The van der Waals surface area contributed by atoms with Gasteiger partial charge in [-0.1, -0.05) is 54.6 Å². The van der Waals surface area contributed by atoms with E-state index in [-0.39, 0.29) is 11.7 Å². The van der Waals surface area contributed by atoms with E-state index in [1.54, 1.807) is 4.31 Å². The van der Waals surface area contributed by atoms with Crippen LogP contribution in [-0.4, -0.2) is 57.1 Å². The SMILES string of the molecule is O=C(NCCCS(=O)(=O)N1CCN(c2ccccc2)CC1)C1c2ccccc2Oc2ccccc21. The lowest BCUT2D eigenvalue weighted by molar-refractivity contribution is -0.121. The Hall–Kier alpha value is -3.36. The first-order chi connectivity index (χ1) is 17.0. The summed E-state index contributed by atoms with van der Waals surface area (Å²) in [5.41, 5.74) is 2.74. The molecule has 0 unspecified atom stereocenters. The van der Waals surface area contributed by atoms with Gasteiger partial charge in [-0.25, -0.2) is 8.42 Å². The third kappa shape index (κ3) is 5.04. The zero-order valence-electron chi connectivity index (χ0n) is 19.5. The van der Waals surface area contributed by atoms with E-state index in [9.17, 15) is 13.2 Å². The minimum atomic E-state index is -3.37. The molecule has 1 amide bonds. The number of para-hydroxylation sites is 3. The Morgan fingerprint density at radius 1 is 0.829 bits per heavy atom. The number of carbonyl (C=O) groups is 1. The number of hydrogen-bond acceptors (Lipinski definition) is 5. The fourth-order valence-electron chi connectivity index (χ4n) is 4.75. The van der Waals surface area contributed by atoms with Crippen molar-refractivity contribution in [2.24, 2.45) is 0 Å². The summed E-state index contributed by atoms with van der Waals surface area (Å²) in [6, 6.07) is 25.1. The number of sulfonamides is 1. The Bertz CT molecular complexity index is 1240. The summed E-state index contributed by atoms with van der Waals surface area (Å²) < 4.78 is 33.3. The average molecular weight is 492 g/mol. The third-order valence-corrected chi connectivity index (χ3v) is 8.53. The van der Waals surface area contributed by atoms with Crippen molar-refractivity contribution in [1.29, 1.82) is 0 Å². The number of anilines is 1. The number of ether oxygens (including phenoxy) is 1. The molecule has 2 heterocycles. The van der Waals surface area contributed by atoms with Crippen molar-refractivity contribution in [2.75, 3.05) is 43.4 Å². The van der Waals surface area contributed by atoms with E-state index in [0.717, 1.165) is 16.8 Å². The summed E-state index contributed by atoms with van der Waals surface area (Å²) in [6.45, 7) is 2.58. The van der Waals surface area contributed by atoms with Crippen molar-refractivity contribution in [3.8, 4) is 11.5 Å². The zero-order valence-corrected chi connectivity index (χ0v) is 20.3. The van der Waals surface area contributed by atoms with Crippen LogP contribution in [-0.2, 0) is 14.8 Å². The second-order valence-electron chi connectivity index (χ2n) is 8.79. The Kier molecular flexibility index (Phi) is 6.74. The lowest BCUT2D eigenvalue weighted by Gasteiger charge is -2.35. The molecule has 0 atom stereocenters. The van der Waals surface area contributed by atoms with Crippen LogP contribution in [0, 0.1) is 0 Å². The summed E-state index contributed by atoms with van der Waals surface area (Å²) in [4.78, 5) is 15.4. The normalized spacial score (nSPS) is 16.2. The van der Waals surface area contributed by atoms with Gasteiger partial charge in [-0.2, -0.15) is 4.31 Å². The number of benzene rings is 3. The smallest absolute Gasteiger partial charge is 0.232 e. The number of rotatable bonds is 7. The van der Waals surface area contributed by atoms with Gasteiger partial charge in [0.05, 0.1) is 11.7 Å². The van der Waals surface area contributed by atoms with E-state index < -0.39 is 15.9 Å². The summed E-state index contributed by atoms with van der Waals surface area (Å²) >= 11 is 0. The topological polar surface area (TPSA) is 79.0 Å². The lowest BCUT2D eigenvalue weighted by Crippen LogP contribution is -2.49. The van der Waals surface area contributed by atoms with Gasteiger partial charge in [0.1, 0.15) is 11.5 Å². The number of nitrogens with one attached hydrogen (secondary N) is 1. The van der Waals surface area contributed by atoms with E-state index in [4.69, 9.17) is 4.74 Å². The van der Waals surface area contributed by atoms with E-state index in [0.29, 0.717) is 50.6 Å². The van der Waals surface area contributed by atoms with Crippen LogP contribution in [0.3, 0.4) is 0 Å². The van der Waals surface area contributed by atoms with E-state index in [1.807, 2.05) is 78.9 Å². The molecule has 35 heavy (non-hydrogen) atoms. The van der Waals surface area contributed by atoms with Crippen LogP contribution in [0.1, 0.15) is 23.5 Å². The van der Waals surface area contributed by atoms with Crippen molar-refractivity contribution in [2.45, 2.75) is 12.3 Å². The van der Waals surface area contributed by atoms with Crippen LogP contribution in [0.15, 0.2) is 78.9 Å². The highest BCUT2D eigenvalue weighted by atomic mass is 32.2. The molecule has 2 aliphatic rings. The Balaban J connectivity index is 1.15. The maximum absolute atomic E-state index is 13.2. The largest absolute Gasteiger partial charge is 0.457 e. The van der Waals surface area contributed by atoms with Crippen LogP contribution in [0.5, 0.6) is 11.5 Å². The molecule has 0 bridgehead atoms. The number of piperazine rings is 1. The molecule has 1 N–H and O–H groups in total. The maximum atomic E-state index is 13.2. The second kappa shape index (κ2) is 10.1. The second-order valence-corrected chi connectivity index (χ2v) is 10.9. The predicted molar refractivity (Wildman–Crippen MR) is 136 cm³/mol. The molecule has 0 spiro atoms. The first-order valence-electron chi connectivity index (χ1n) is 11.9. The van der Waals surface area contributed by atoms with Crippen molar-refractivity contribution in [1.82, 2.24) is 9.62 Å². The maximum Gasteiger partial charge on any atom is 0.232 e. The molecule has 0 aliphatic carbocycles. The van der Waals surface area contributed by atoms with Crippen LogP contribution >= 0.6 is 0 Å². The highest BCUT2D eigenvalue weighted by Crippen LogP contribution is 2.43. The predicted octanol–water partition coefficient (Wildman–Crippen LogP) is 3.58. The van der Waals surface area contributed by atoms with Gasteiger partial charge in [-0.15, -0.1) is 0 Å². The molecule has 7 nitrogen and oxygen atoms in total. The number of fused-ring (bicyclic) bond motifs is 2. The monoisotopic (exact) mass is 491 g/mol. The summed E-state index contributed by atoms with van der Waals surface area (Å²) in [5.74, 6) is 0.715. The van der Waals surface area contributed by atoms with Gasteiger partial charge in [0, 0.05) is 49.5 Å². The average Bonchev–Trinajstić information content (AvgIpc) is 2.90. The molecule has 1 saturated heterocycles. The van der Waals surface area contributed by atoms with Crippen molar-refractivity contribution >= 4 is 21.6 Å². The van der Waals surface area contributed by atoms with Gasteiger partial charge in [0.2, 0.25) is 15.9 Å². The van der Waals surface area contributed by atoms with E-state index in [1.165, 1.54) is 0 Å². The summed E-state index contributed by atoms with van der Waals surface area (Å²) in [6.07, 6.45) is 0.361.